The van der Waals surface area contributed by atoms with Crippen molar-refractivity contribution in [1.29, 1.82) is 0 Å². The summed E-state index contributed by atoms with van der Waals surface area (Å²) in [5.74, 6) is -1.99. The van der Waals surface area contributed by atoms with E-state index in [4.69, 9.17) is 21.1 Å². The highest BCUT2D eigenvalue weighted by Gasteiger charge is 2.15. The van der Waals surface area contributed by atoms with Crippen LogP contribution in [0.3, 0.4) is 0 Å². The molecule has 0 amide bonds. The minimum Gasteiger partial charge on any atom is -0.473 e. The highest BCUT2D eigenvalue weighted by Crippen LogP contribution is 2.31. The van der Waals surface area contributed by atoms with E-state index >= 15 is 0 Å². The summed E-state index contributed by atoms with van der Waals surface area (Å²) in [6.07, 6.45) is 3.47. The van der Waals surface area contributed by atoms with Crippen molar-refractivity contribution in [2.45, 2.75) is 27.0 Å². The van der Waals surface area contributed by atoms with E-state index in [1.54, 1.807) is 56.2 Å². The maximum absolute atomic E-state index is 14.6. The van der Waals surface area contributed by atoms with Crippen LogP contribution in [0.2, 0.25) is 5.02 Å². The first-order valence-electron chi connectivity index (χ1n) is 10.3. The molecule has 0 unspecified atom stereocenters. The van der Waals surface area contributed by atoms with E-state index in [2.05, 4.69) is 10.1 Å². The monoisotopic (exact) mass is 486 g/mol. The van der Waals surface area contributed by atoms with Gasteiger partial charge in [0.25, 0.3) is 0 Å². The predicted octanol–water partition coefficient (Wildman–Crippen LogP) is 4.94. The number of nitrogens with zero attached hydrogens (tertiary/aromatic N) is 4. The molecule has 0 N–H and O–H groups in total. The largest absolute Gasteiger partial charge is 0.473 e. The minimum atomic E-state index is -0.887. The Kier molecular flexibility index (Phi) is 6.65. The van der Waals surface area contributed by atoms with Gasteiger partial charge in [0.2, 0.25) is 5.88 Å². The smallest absolute Gasteiger partial charge is 0.351 e. The summed E-state index contributed by atoms with van der Waals surface area (Å²) in [7, 11) is 1.79. The lowest BCUT2D eigenvalue weighted by molar-refractivity contribution is 0.288. The molecule has 0 saturated heterocycles. The van der Waals surface area contributed by atoms with E-state index in [0.29, 0.717) is 17.3 Å². The third-order valence-electron chi connectivity index (χ3n) is 5.09. The first kappa shape index (κ1) is 23.4. The molecule has 0 bridgehead atoms. The van der Waals surface area contributed by atoms with Gasteiger partial charge in [0.05, 0.1) is 12.7 Å². The van der Waals surface area contributed by atoms with Gasteiger partial charge in [0.15, 0.2) is 17.4 Å². The van der Waals surface area contributed by atoms with E-state index in [9.17, 15) is 13.6 Å². The molecule has 10 heteroatoms. The Morgan fingerprint density at radius 2 is 1.79 bits per heavy atom. The number of rotatable bonds is 7. The Labute approximate surface area is 199 Å². The number of ether oxygens (including phenoxy) is 2. The zero-order valence-corrected chi connectivity index (χ0v) is 19.4. The van der Waals surface area contributed by atoms with Crippen molar-refractivity contribution in [3.8, 4) is 17.4 Å². The second-order valence-electron chi connectivity index (χ2n) is 7.82. The average molecular weight is 487 g/mol. The van der Waals surface area contributed by atoms with Crippen molar-refractivity contribution in [2.75, 3.05) is 0 Å². The Bertz CT molecular complexity index is 1390. The van der Waals surface area contributed by atoms with Crippen molar-refractivity contribution in [3.05, 3.63) is 98.3 Å². The molecule has 0 aliphatic rings. The zero-order valence-electron chi connectivity index (χ0n) is 18.7. The van der Waals surface area contributed by atoms with Crippen LogP contribution in [0.5, 0.6) is 17.4 Å². The molecule has 2 heterocycles. The van der Waals surface area contributed by atoms with Gasteiger partial charge < -0.3 is 9.47 Å². The molecular formula is C24H21ClF2N4O3. The highest BCUT2D eigenvalue weighted by molar-refractivity contribution is 6.31. The van der Waals surface area contributed by atoms with Crippen LogP contribution in [0.1, 0.15) is 22.4 Å². The lowest BCUT2D eigenvalue weighted by Gasteiger charge is -2.12. The van der Waals surface area contributed by atoms with E-state index < -0.39 is 23.1 Å². The van der Waals surface area contributed by atoms with E-state index in [-0.39, 0.29) is 23.8 Å². The molecule has 2 aromatic carbocycles. The van der Waals surface area contributed by atoms with Crippen LogP contribution in [0.25, 0.3) is 0 Å². The van der Waals surface area contributed by atoms with E-state index in [1.165, 1.54) is 10.6 Å². The molecule has 0 fully saturated rings. The Hall–Kier alpha value is -3.72. The van der Waals surface area contributed by atoms with Crippen LogP contribution in [0, 0.1) is 25.5 Å². The molecule has 0 saturated carbocycles. The number of aryl methyl sites for hydroxylation is 3. The topological polar surface area (TPSA) is 71.2 Å². The summed E-state index contributed by atoms with van der Waals surface area (Å²) >= 11 is 5.97. The molecule has 2 aromatic heterocycles. The summed E-state index contributed by atoms with van der Waals surface area (Å²) in [5.41, 5.74) is 1.91. The van der Waals surface area contributed by atoms with Gasteiger partial charge in [-0.2, -0.15) is 10.1 Å². The quantitative estimate of drug-likeness (QED) is 0.370. The fourth-order valence-corrected chi connectivity index (χ4v) is 3.46. The molecule has 0 aliphatic carbocycles. The first-order valence-corrected chi connectivity index (χ1v) is 10.7. The maximum Gasteiger partial charge on any atom is 0.351 e. The molecule has 176 valence electrons. The summed E-state index contributed by atoms with van der Waals surface area (Å²) < 4.78 is 43.2. The van der Waals surface area contributed by atoms with Crippen molar-refractivity contribution >= 4 is 11.6 Å². The summed E-state index contributed by atoms with van der Waals surface area (Å²) in [4.78, 5) is 16.4. The Morgan fingerprint density at radius 1 is 1.06 bits per heavy atom. The van der Waals surface area contributed by atoms with Crippen molar-refractivity contribution in [2.24, 2.45) is 7.05 Å². The first-order chi connectivity index (χ1) is 16.2. The van der Waals surface area contributed by atoms with Gasteiger partial charge in [0, 0.05) is 35.6 Å². The fourth-order valence-electron chi connectivity index (χ4n) is 3.35. The standard InChI is InChI=1S/C24H21ClF2N4O3/c1-14-6-18(4-5-19(14)25)34-23-20(26)8-16(9-21(23)27)13-33-22-7-15(2)31(24(32)29-22)12-17-10-28-30(3)11-17/h4-11H,12-13H2,1-3H3. The third-order valence-corrected chi connectivity index (χ3v) is 5.51. The van der Waals surface area contributed by atoms with Crippen molar-refractivity contribution < 1.29 is 18.3 Å². The van der Waals surface area contributed by atoms with Gasteiger partial charge in [-0.3, -0.25) is 9.25 Å². The van der Waals surface area contributed by atoms with Crippen molar-refractivity contribution in [3.63, 3.8) is 0 Å². The van der Waals surface area contributed by atoms with Gasteiger partial charge >= 0.3 is 5.69 Å². The maximum atomic E-state index is 14.6. The van der Waals surface area contributed by atoms with E-state index in [1.807, 2.05) is 0 Å². The molecule has 0 radical (unpaired) electrons. The molecular weight excluding hydrogens is 466 g/mol. The Morgan fingerprint density at radius 3 is 2.41 bits per heavy atom. The molecule has 0 spiro atoms. The second kappa shape index (κ2) is 9.64. The number of benzene rings is 2. The lowest BCUT2D eigenvalue weighted by Crippen LogP contribution is -2.25. The van der Waals surface area contributed by atoms with Crippen LogP contribution >= 0.6 is 11.6 Å². The number of aromatic nitrogens is 4. The SMILES string of the molecule is Cc1cc(Oc2c(F)cc(COc3cc(C)n(Cc4cnn(C)c4)c(=O)n3)cc2F)ccc1Cl. The van der Waals surface area contributed by atoms with Crippen molar-refractivity contribution in [1.82, 2.24) is 19.3 Å². The lowest BCUT2D eigenvalue weighted by atomic mass is 10.2. The Balaban J connectivity index is 1.47. The third kappa shape index (κ3) is 5.26. The molecule has 0 aliphatic heterocycles. The molecule has 0 atom stereocenters. The number of hydrogen-bond acceptors (Lipinski definition) is 5. The van der Waals surface area contributed by atoms with Crippen LogP contribution in [-0.4, -0.2) is 19.3 Å². The van der Waals surface area contributed by atoms with Gasteiger partial charge in [0.1, 0.15) is 12.4 Å². The van der Waals surface area contributed by atoms with Crippen LogP contribution < -0.4 is 15.2 Å². The minimum absolute atomic E-state index is 0.0581. The van der Waals surface area contributed by atoms with Gasteiger partial charge in [-0.15, -0.1) is 0 Å². The van der Waals surface area contributed by atoms with Gasteiger partial charge in [-0.25, -0.2) is 13.6 Å². The van der Waals surface area contributed by atoms with Gasteiger partial charge in [-0.05, 0) is 55.3 Å². The van der Waals surface area contributed by atoms with Gasteiger partial charge in [-0.1, -0.05) is 11.6 Å². The molecule has 7 nitrogen and oxygen atoms in total. The van der Waals surface area contributed by atoms with Crippen LogP contribution in [0.4, 0.5) is 8.78 Å². The molecule has 4 aromatic rings. The molecule has 4 rings (SSSR count). The fraction of sp³-hybridized carbons (Fsp3) is 0.208. The highest BCUT2D eigenvalue weighted by atomic mass is 35.5. The second-order valence-corrected chi connectivity index (χ2v) is 8.22. The summed E-state index contributed by atoms with van der Waals surface area (Å²) in [6, 6.07) is 8.50. The van der Waals surface area contributed by atoms with Crippen LogP contribution in [-0.2, 0) is 20.2 Å². The predicted molar refractivity (Wildman–Crippen MR) is 122 cm³/mol. The summed E-state index contributed by atoms with van der Waals surface area (Å²) in [6.45, 7) is 3.63. The summed E-state index contributed by atoms with van der Waals surface area (Å²) in [5, 5.41) is 4.61. The zero-order chi connectivity index (χ0) is 24.4. The number of halogens is 3. The molecule has 34 heavy (non-hydrogen) atoms. The normalized spacial score (nSPS) is 11.0. The van der Waals surface area contributed by atoms with E-state index in [0.717, 1.165) is 23.3 Å². The van der Waals surface area contributed by atoms with Crippen LogP contribution in [0.15, 0.2) is 53.6 Å². The number of hydrogen-bond donors (Lipinski definition) is 0. The average Bonchev–Trinajstić information content (AvgIpc) is 3.19.